The minimum Gasteiger partial charge on any atom is -0.449 e. The van der Waals surface area contributed by atoms with Gasteiger partial charge in [0.05, 0.1) is 11.1 Å². The summed E-state index contributed by atoms with van der Waals surface area (Å²) >= 11 is 0. The number of nitrogens with zero attached hydrogens (tertiary/aromatic N) is 1. The van der Waals surface area contributed by atoms with Crippen LogP contribution in [0.2, 0.25) is 0 Å². The van der Waals surface area contributed by atoms with Gasteiger partial charge in [-0.25, -0.2) is 0 Å². The van der Waals surface area contributed by atoms with Gasteiger partial charge >= 0.3 is 0 Å². The van der Waals surface area contributed by atoms with Crippen molar-refractivity contribution in [1.82, 2.24) is 0 Å². The molecule has 0 amide bonds. The number of benzene rings is 8. The van der Waals surface area contributed by atoms with Crippen LogP contribution in [0.1, 0.15) is 22.3 Å². The first-order valence-corrected chi connectivity index (χ1v) is 19.7. The average molecular weight is 740 g/mol. The summed E-state index contributed by atoms with van der Waals surface area (Å²) in [6, 6.07) is 77.4. The smallest absolute Gasteiger partial charge is 0.172 e. The molecule has 0 N–H and O–H groups in total. The number of rotatable bonds is 5. The fraction of sp³-hybridized carbons (Fsp3) is 0.0182. The van der Waals surface area contributed by atoms with E-state index in [9.17, 15) is 0 Å². The van der Waals surface area contributed by atoms with Crippen molar-refractivity contribution in [2.24, 2.45) is 0 Å². The van der Waals surface area contributed by atoms with Gasteiger partial charge < -0.3 is 14.4 Å². The lowest BCUT2D eigenvalue weighted by atomic mass is 9.70. The van der Waals surface area contributed by atoms with Crippen LogP contribution in [0.3, 0.4) is 0 Å². The molecular formula is C55H33NO2. The number of fused-ring (bicyclic) bond motifs is 12. The van der Waals surface area contributed by atoms with Gasteiger partial charge in [-0.15, -0.1) is 0 Å². The van der Waals surface area contributed by atoms with Gasteiger partial charge in [0.25, 0.3) is 0 Å². The number of hydrogen-bond donors (Lipinski definition) is 0. The Labute approximate surface area is 337 Å². The Bertz CT molecular complexity index is 3020. The van der Waals surface area contributed by atoms with Crippen molar-refractivity contribution in [2.75, 3.05) is 4.90 Å². The van der Waals surface area contributed by atoms with E-state index in [0.717, 1.165) is 33.8 Å². The average Bonchev–Trinajstić information content (AvgIpc) is 3.75. The third kappa shape index (κ3) is 4.76. The quantitative estimate of drug-likeness (QED) is 0.175. The van der Waals surface area contributed by atoms with Gasteiger partial charge in [-0.2, -0.15) is 0 Å². The highest BCUT2D eigenvalue weighted by Gasteiger charge is 2.52. The fourth-order valence-corrected chi connectivity index (χ4v) is 9.50. The van der Waals surface area contributed by atoms with Gasteiger partial charge in [-0.3, -0.25) is 0 Å². The molecule has 0 bridgehead atoms. The standard InChI is InChI=1S/C55H33NO2/c1-3-14-36(15-4-1)38-26-28-40(29-27-38)56(41-19-13-18-39(32-41)37-16-5-2-6-17-37)42-30-31-51-52(33-42)58-54-35-50-46(34-53(54)57-51)45-22-9-12-25-49(45)55(50)47-23-10-7-20-43(47)44-21-8-11-24-48(44)55/h1-7,9-10,12-35H. The minimum atomic E-state index is -0.517. The van der Waals surface area contributed by atoms with E-state index in [1.165, 1.54) is 50.1 Å². The lowest BCUT2D eigenvalue weighted by molar-refractivity contribution is 0.359. The summed E-state index contributed by atoms with van der Waals surface area (Å²) in [6.07, 6.45) is 0. The predicted molar refractivity (Wildman–Crippen MR) is 233 cm³/mol. The molecule has 2 aliphatic carbocycles. The molecule has 3 nitrogen and oxygen atoms in total. The van der Waals surface area contributed by atoms with E-state index >= 15 is 0 Å². The highest BCUT2D eigenvalue weighted by atomic mass is 16.6. The molecule has 58 heavy (non-hydrogen) atoms. The molecule has 3 aliphatic rings. The SMILES string of the molecule is c1cc2c(cc#1)C1(c3ccccc3-2)c2ccccc2-c2cc3c(cc21)Oc1cc(N(c2ccc(-c4ccccc4)cc2)c2cccc(-c4ccccc4)c2)ccc1O3. The summed E-state index contributed by atoms with van der Waals surface area (Å²) in [7, 11) is 0. The Morgan fingerprint density at radius 2 is 0.879 bits per heavy atom. The van der Waals surface area contributed by atoms with E-state index in [4.69, 9.17) is 9.47 Å². The van der Waals surface area contributed by atoms with Crippen molar-refractivity contribution in [3.8, 4) is 67.5 Å². The maximum absolute atomic E-state index is 6.95. The van der Waals surface area contributed by atoms with Crippen molar-refractivity contribution in [1.29, 1.82) is 0 Å². The van der Waals surface area contributed by atoms with Gasteiger partial charge in [0, 0.05) is 17.4 Å². The van der Waals surface area contributed by atoms with Crippen molar-refractivity contribution >= 4 is 17.1 Å². The molecule has 9 aromatic rings. The monoisotopic (exact) mass is 739 g/mol. The maximum Gasteiger partial charge on any atom is 0.172 e. The molecule has 1 unspecified atom stereocenters. The van der Waals surface area contributed by atoms with E-state index < -0.39 is 5.41 Å². The van der Waals surface area contributed by atoms with Crippen LogP contribution in [-0.2, 0) is 5.41 Å². The van der Waals surface area contributed by atoms with Gasteiger partial charge in [0.2, 0.25) is 0 Å². The molecule has 1 atom stereocenters. The van der Waals surface area contributed by atoms with E-state index in [2.05, 4.69) is 205 Å². The molecule has 0 aromatic heterocycles. The minimum absolute atomic E-state index is 0.517. The first-order chi connectivity index (χ1) is 28.7. The largest absolute Gasteiger partial charge is 0.449 e. The van der Waals surface area contributed by atoms with Crippen LogP contribution >= 0.6 is 0 Å². The van der Waals surface area contributed by atoms with Crippen LogP contribution in [0.15, 0.2) is 200 Å². The molecule has 1 aliphatic heterocycles. The zero-order chi connectivity index (χ0) is 38.2. The van der Waals surface area contributed by atoms with Crippen LogP contribution in [0.25, 0.3) is 44.5 Å². The first-order valence-electron chi connectivity index (χ1n) is 19.7. The van der Waals surface area contributed by atoms with Crippen molar-refractivity contribution in [3.05, 3.63) is 235 Å². The van der Waals surface area contributed by atoms with Crippen molar-refractivity contribution in [2.45, 2.75) is 5.41 Å². The van der Waals surface area contributed by atoms with Gasteiger partial charge in [-0.05, 0) is 127 Å². The van der Waals surface area contributed by atoms with Gasteiger partial charge in [-0.1, -0.05) is 146 Å². The number of ether oxygens (including phenoxy) is 2. The van der Waals surface area contributed by atoms with E-state index in [0.29, 0.717) is 23.0 Å². The molecule has 1 heterocycles. The van der Waals surface area contributed by atoms with Crippen LogP contribution in [0.5, 0.6) is 23.0 Å². The molecular weight excluding hydrogens is 707 g/mol. The second kappa shape index (κ2) is 12.6. The fourth-order valence-electron chi connectivity index (χ4n) is 9.50. The molecule has 1 spiro atoms. The summed E-state index contributed by atoms with van der Waals surface area (Å²) in [5, 5.41) is 0. The van der Waals surface area contributed by atoms with E-state index in [-0.39, 0.29) is 0 Å². The maximum atomic E-state index is 6.95. The van der Waals surface area contributed by atoms with Crippen LogP contribution < -0.4 is 14.4 Å². The molecule has 270 valence electrons. The summed E-state index contributed by atoms with van der Waals surface area (Å²) in [5.41, 5.74) is 16.8. The normalized spacial score (nSPS) is 13.1. The van der Waals surface area contributed by atoms with Crippen LogP contribution in [0, 0.1) is 12.1 Å². The summed E-state index contributed by atoms with van der Waals surface area (Å²) in [5.74, 6) is 2.73. The highest BCUT2D eigenvalue weighted by molar-refractivity contribution is 5.96. The predicted octanol–water partition coefficient (Wildman–Crippen LogP) is 14.3. The summed E-state index contributed by atoms with van der Waals surface area (Å²) in [6.45, 7) is 0. The lowest BCUT2D eigenvalue weighted by Crippen LogP contribution is -2.25. The lowest BCUT2D eigenvalue weighted by Gasteiger charge is -2.31. The zero-order valence-corrected chi connectivity index (χ0v) is 31.3. The Kier molecular flexibility index (Phi) is 7.05. The molecule has 0 fully saturated rings. The van der Waals surface area contributed by atoms with Gasteiger partial charge in [0.1, 0.15) is 0 Å². The Balaban J connectivity index is 0.985. The zero-order valence-electron chi connectivity index (χ0n) is 31.3. The second-order valence-electron chi connectivity index (χ2n) is 15.1. The topological polar surface area (TPSA) is 21.7 Å². The third-order valence-corrected chi connectivity index (χ3v) is 12.0. The molecule has 0 saturated heterocycles. The first kappa shape index (κ1) is 32.4. The molecule has 12 rings (SSSR count). The van der Waals surface area contributed by atoms with E-state index in [1.807, 2.05) is 12.1 Å². The Hall–Kier alpha value is -7.80. The van der Waals surface area contributed by atoms with E-state index in [1.54, 1.807) is 0 Å². The summed E-state index contributed by atoms with van der Waals surface area (Å²) in [4.78, 5) is 2.29. The Morgan fingerprint density at radius 3 is 1.64 bits per heavy atom. The molecule has 0 saturated carbocycles. The summed E-state index contributed by atoms with van der Waals surface area (Å²) < 4.78 is 13.7. The van der Waals surface area contributed by atoms with Crippen LogP contribution in [-0.4, -0.2) is 0 Å². The second-order valence-corrected chi connectivity index (χ2v) is 15.1. The Morgan fingerprint density at radius 1 is 0.328 bits per heavy atom. The highest BCUT2D eigenvalue weighted by Crippen LogP contribution is 2.64. The van der Waals surface area contributed by atoms with Crippen LogP contribution in [0.4, 0.5) is 17.1 Å². The number of anilines is 3. The third-order valence-electron chi connectivity index (χ3n) is 12.0. The van der Waals surface area contributed by atoms with Crippen molar-refractivity contribution in [3.63, 3.8) is 0 Å². The number of hydrogen-bond acceptors (Lipinski definition) is 3. The molecule has 9 aromatic carbocycles. The van der Waals surface area contributed by atoms with Crippen molar-refractivity contribution < 1.29 is 9.47 Å². The molecule has 3 heteroatoms. The molecule has 0 radical (unpaired) electrons. The van der Waals surface area contributed by atoms with Gasteiger partial charge in [0.15, 0.2) is 23.0 Å².